The molecule has 1 rings (SSSR count). The fourth-order valence-electron chi connectivity index (χ4n) is 2.07. The number of hydrogen-bond acceptors (Lipinski definition) is 2. The monoisotopic (exact) mass is 287 g/mol. The van der Waals surface area contributed by atoms with Crippen LogP contribution in [-0.4, -0.2) is 17.6 Å². The van der Waals surface area contributed by atoms with Crippen LogP contribution in [0, 0.1) is 17.8 Å². The number of carbonyl (C=O) groups excluding carboxylic acids is 1. The third-order valence-corrected chi connectivity index (χ3v) is 3.39. The van der Waals surface area contributed by atoms with Gasteiger partial charge in [0.05, 0.1) is 6.61 Å². The maximum Gasteiger partial charge on any atom is 0.227 e. The molecule has 0 aliphatic heterocycles. The van der Waals surface area contributed by atoms with Gasteiger partial charge in [-0.05, 0) is 37.1 Å². The molecule has 1 atom stereocenters. The van der Waals surface area contributed by atoms with E-state index in [9.17, 15) is 4.79 Å². The number of benzene rings is 1. The van der Waals surface area contributed by atoms with Crippen LogP contribution in [0.15, 0.2) is 24.3 Å². The van der Waals surface area contributed by atoms with E-state index in [1.807, 2.05) is 24.3 Å². The summed E-state index contributed by atoms with van der Waals surface area (Å²) in [5, 5.41) is 11.6. The first-order valence-corrected chi connectivity index (χ1v) is 7.71. The molecule has 0 aliphatic rings. The van der Waals surface area contributed by atoms with Crippen molar-refractivity contribution in [2.45, 2.75) is 46.0 Å². The van der Waals surface area contributed by atoms with Crippen LogP contribution in [0.5, 0.6) is 0 Å². The van der Waals surface area contributed by atoms with Crippen molar-refractivity contribution in [1.82, 2.24) is 0 Å². The number of amides is 1. The van der Waals surface area contributed by atoms with Crippen LogP contribution >= 0.6 is 0 Å². The highest BCUT2D eigenvalue weighted by Gasteiger charge is 2.15. The van der Waals surface area contributed by atoms with Gasteiger partial charge in [-0.1, -0.05) is 38.5 Å². The average molecular weight is 287 g/mol. The molecule has 0 aromatic heterocycles. The van der Waals surface area contributed by atoms with E-state index in [0.717, 1.165) is 36.9 Å². The number of rotatable bonds is 7. The highest BCUT2D eigenvalue weighted by molar-refractivity contribution is 5.92. The molecule has 114 valence electrons. The molecule has 1 aromatic carbocycles. The summed E-state index contributed by atoms with van der Waals surface area (Å²) >= 11 is 0. The molecule has 1 amide bonds. The van der Waals surface area contributed by atoms with Crippen molar-refractivity contribution >= 4 is 11.6 Å². The molecule has 0 bridgehead atoms. The molecule has 0 aliphatic carbocycles. The van der Waals surface area contributed by atoms with Crippen LogP contribution in [0.25, 0.3) is 0 Å². The van der Waals surface area contributed by atoms with Crippen molar-refractivity contribution in [2.75, 3.05) is 11.9 Å². The molecular weight excluding hydrogens is 262 g/mol. The van der Waals surface area contributed by atoms with Gasteiger partial charge in [0.2, 0.25) is 5.91 Å². The summed E-state index contributed by atoms with van der Waals surface area (Å²) in [6.07, 6.45) is 4.50. The van der Waals surface area contributed by atoms with Gasteiger partial charge in [-0.15, -0.1) is 0 Å². The van der Waals surface area contributed by atoms with E-state index < -0.39 is 0 Å². The highest BCUT2D eigenvalue weighted by Crippen LogP contribution is 2.16. The first-order valence-electron chi connectivity index (χ1n) is 7.71. The summed E-state index contributed by atoms with van der Waals surface area (Å²) < 4.78 is 0. The third kappa shape index (κ3) is 6.46. The van der Waals surface area contributed by atoms with Crippen molar-refractivity contribution < 1.29 is 9.90 Å². The molecule has 1 unspecified atom stereocenters. The van der Waals surface area contributed by atoms with E-state index in [1.165, 1.54) is 0 Å². The van der Waals surface area contributed by atoms with Gasteiger partial charge in [-0.2, -0.15) is 0 Å². The molecule has 21 heavy (non-hydrogen) atoms. The lowest BCUT2D eigenvalue weighted by Gasteiger charge is -2.14. The van der Waals surface area contributed by atoms with Crippen molar-refractivity contribution in [3.8, 4) is 11.8 Å². The smallest absolute Gasteiger partial charge is 0.227 e. The summed E-state index contributed by atoms with van der Waals surface area (Å²) in [5.74, 6) is 6.03. The Morgan fingerprint density at radius 1 is 1.29 bits per heavy atom. The van der Waals surface area contributed by atoms with Gasteiger partial charge in [0.1, 0.15) is 0 Å². The van der Waals surface area contributed by atoms with Gasteiger partial charge >= 0.3 is 0 Å². The molecule has 2 N–H and O–H groups in total. The van der Waals surface area contributed by atoms with Gasteiger partial charge in [0.25, 0.3) is 0 Å². The lowest BCUT2D eigenvalue weighted by molar-refractivity contribution is -0.120. The number of anilines is 1. The highest BCUT2D eigenvalue weighted by atomic mass is 16.2. The summed E-state index contributed by atoms with van der Waals surface area (Å²) in [6.45, 7) is 4.28. The maximum atomic E-state index is 12.2. The number of hydrogen-bond donors (Lipinski definition) is 2. The van der Waals surface area contributed by atoms with Crippen LogP contribution in [0.3, 0.4) is 0 Å². The molecule has 0 heterocycles. The third-order valence-electron chi connectivity index (χ3n) is 3.39. The Balaban J connectivity index is 2.58. The largest absolute Gasteiger partial charge is 0.395 e. The molecular formula is C18H25NO2. The van der Waals surface area contributed by atoms with E-state index in [1.54, 1.807) is 0 Å². The minimum atomic E-state index is 0.0807. The summed E-state index contributed by atoms with van der Waals surface area (Å²) in [5.41, 5.74) is 1.70. The maximum absolute atomic E-state index is 12.2. The van der Waals surface area contributed by atoms with Crippen LogP contribution in [0.2, 0.25) is 0 Å². The quantitative estimate of drug-likeness (QED) is 0.753. The topological polar surface area (TPSA) is 49.3 Å². The Hall–Kier alpha value is -1.79. The Bertz CT molecular complexity index is 482. The van der Waals surface area contributed by atoms with Crippen molar-refractivity contribution in [2.24, 2.45) is 5.92 Å². The fourth-order valence-corrected chi connectivity index (χ4v) is 2.07. The van der Waals surface area contributed by atoms with Gasteiger partial charge < -0.3 is 10.4 Å². The fraction of sp³-hybridized carbons (Fsp3) is 0.500. The van der Waals surface area contributed by atoms with Crippen LogP contribution in [0.1, 0.15) is 51.5 Å². The Morgan fingerprint density at radius 2 is 2.00 bits per heavy atom. The van der Waals surface area contributed by atoms with Crippen molar-refractivity contribution in [3.05, 3.63) is 29.8 Å². The van der Waals surface area contributed by atoms with Crippen LogP contribution in [0.4, 0.5) is 5.69 Å². The Labute approximate surface area is 127 Å². The molecule has 0 fully saturated rings. The molecule has 1 aromatic rings. The molecule has 3 nitrogen and oxygen atoms in total. The Kier molecular flexibility index (Phi) is 8.23. The summed E-state index contributed by atoms with van der Waals surface area (Å²) in [6, 6.07) is 7.50. The normalized spacial score (nSPS) is 11.4. The molecule has 0 radical (unpaired) electrons. The zero-order chi connectivity index (χ0) is 15.5. The number of nitrogens with one attached hydrogen (secondary N) is 1. The summed E-state index contributed by atoms with van der Waals surface area (Å²) in [4.78, 5) is 12.2. The predicted molar refractivity (Wildman–Crippen MR) is 87.0 cm³/mol. The standard InChI is InChI=1S/C18H25NO2/c1-3-5-9-16(4-2)18(21)19-17-12-10-15(11-13-17)8-6-7-14-20/h10-13,16,20H,3-5,7,9,14H2,1-2H3,(H,19,21). The first-order chi connectivity index (χ1) is 10.2. The number of unbranched alkanes of at least 4 members (excludes halogenated alkanes) is 1. The molecule has 3 heteroatoms. The van der Waals surface area contributed by atoms with Gasteiger partial charge in [0.15, 0.2) is 0 Å². The Morgan fingerprint density at radius 3 is 2.57 bits per heavy atom. The van der Waals surface area contributed by atoms with E-state index >= 15 is 0 Å². The van der Waals surface area contributed by atoms with E-state index in [-0.39, 0.29) is 18.4 Å². The van der Waals surface area contributed by atoms with Crippen LogP contribution < -0.4 is 5.32 Å². The number of aliphatic hydroxyl groups excluding tert-OH is 1. The number of carbonyl (C=O) groups is 1. The second-order valence-electron chi connectivity index (χ2n) is 5.09. The van der Waals surface area contributed by atoms with Gasteiger partial charge in [-0.3, -0.25) is 4.79 Å². The molecule has 0 saturated carbocycles. The molecule has 0 saturated heterocycles. The lowest BCUT2D eigenvalue weighted by Crippen LogP contribution is -2.22. The van der Waals surface area contributed by atoms with Crippen LogP contribution in [-0.2, 0) is 4.79 Å². The lowest BCUT2D eigenvalue weighted by atomic mass is 9.98. The SMILES string of the molecule is CCCCC(CC)C(=O)Nc1ccc(C#CCCO)cc1. The van der Waals surface area contributed by atoms with E-state index in [2.05, 4.69) is 31.0 Å². The van der Waals surface area contributed by atoms with Gasteiger partial charge in [0, 0.05) is 23.6 Å². The summed E-state index contributed by atoms with van der Waals surface area (Å²) in [7, 11) is 0. The first kappa shape index (κ1) is 17.3. The zero-order valence-electron chi connectivity index (χ0n) is 13.0. The molecule has 0 spiro atoms. The second-order valence-corrected chi connectivity index (χ2v) is 5.09. The minimum absolute atomic E-state index is 0.0807. The van der Waals surface area contributed by atoms with E-state index in [4.69, 9.17) is 5.11 Å². The zero-order valence-corrected chi connectivity index (χ0v) is 13.0. The minimum Gasteiger partial charge on any atom is -0.395 e. The second kappa shape index (κ2) is 10.0. The van der Waals surface area contributed by atoms with Gasteiger partial charge in [-0.25, -0.2) is 0 Å². The van der Waals surface area contributed by atoms with Crippen molar-refractivity contribution in [1.29, 1.82) is 0 Å². The number of aliphatic hydroxyl groups is 1. The average Bonchev–Trinajstić information content (AvgIpc) is 2.50. The predicted octanol–water partition coefficient (Wildman–Crippen LogP) is 3.58. The van der Waals surface area contributed by atoms with Crippen molar-refractivity contribution in [3.63, 3.8) is 0 Å². The van der Waals surface area contributed by atoms with E-state index in [0.29, 0.717) is 6.42 Å².